The first-order valence-electron chi connectivity index (χ1n) is 9.67. The highest BCUT2D eigenvalue weighted by molar-refractivity contribution is 8.00. The highest BCUT2D eigenvalue weighted by Crippen LogP contribution is 2.38. The van der Waals surface area contributed by atoms with E-state index in [-0.39, 0.29) is 17.8 Å². The third-order valence-electron chi connectivity index (χ3n) is 4.82. The number of hydrogen-bond donors (Lipinski definition) is 2. The highest BCUT2D eigenvalue weighted by Gasteiger charge is 2.37. The maximum atomic E-state index is 13.2. The molecule has 2 heterocycles. The van der Waals surface area contributed by atoms with Crippen molar-refractivity contribution in [3.8, 4) is 5.75 Å². The highest BCUT2D eigenvalue weighted by atomic mass is 32.2. The molecule has 7 nitrogen and oxygen atoms in total. The van der Waals surface area contributed by atoms with E-state index in [0.717, 1.165) is 30.0 Å². The van der Waals surface area contributed by atoms with Crippen LogP contribution in [0.5, 0.6) is 5.75 Å². The second-order valence-electron chi connectivity index (χ2n) is 6.90. The first-order chi connectivity index (χ1) is 14.6. The second kappa shape index (κ2) is 8.74. The Balaban J connectivity index is 1.65. The fourth-order valence-corrected chi connectivity index (χ4v) is 4.39. The summed E-state index contributed by atoms with van der Waals surface area (Å²) in [6, 6.07) is 13.0. The van der Waals surface area contributed by atoms with Gasteiger partial charge in [0.1, 0.15) is 16.8 Å². The minimum absolute atomic E-state index is 0.203. The summed E-state index contributed by atoms with van der Waals surface area (Å²) in [5.41, 5.74) is 4.89. The van der Waals surface area contributed by atoms with Crippen LogP contribution in [-0.4, -0.2) is 33.1 Å². The summed E-state index contributed by atoms with van der Waals surface area (Å²) >= 11 is 1.36. The molecule has 156 valence electrons. The Morgan fingerprint density at radius 1 is 1.20 bits per heavy atom. The molecule has 30 heavy (non-hydrogen) atoms. The molecule has 2 N–H and O–H groups in total. The van der Waals surface area contributed by atoms with E-state index in [1.54, 1.807) is 19.2 Å². The number of aromatic nitrogens is 3. The van der Waals surface area contributed by atoms with Crippen molar-refractivity contribution in [2.75, 3.05) is 17.9 Å². The van der Waals surface area contributed by atoms with Crippen LogP contribution in [0.3, 0.4) is 0 Å². The maximum Gasteiger partial charge on any atom is 0.240 e. The number of hydrogen-bond acceptors (Lipinski definition) is 6. The summed E-state index contributed by atoms with van der Waals surface area (Å²) in [6.45, 7) is 2.08. The number of halogens is 1. The lowest BCUT2D eigenvalue weighted by Crippen LogP contribution is -2.41. The molecule has 2 atom stereocenters. The quantitative estimate of drug-likeness (QED) is 0.623. The van der Waals surface area contributed by atoms with E-state index in [1.807, 2.05) is 28.9 Å². The Kier molecular flexibility index (Phi) is 5.89. The van der Waals surface area contributed by atoms with E-state index in [0.29, 0.717) is 10.8 Å². The van der Waals surface area contributed by atoms with Crippen molar-refractivity contribution >= 4 is 23.4 Å². The first kappa shape index (κ1) is 20.2. The molecule has 4 rings (SSSR count). The lowest BCUT2D eigenvalue weighted by Gasteiger charge is -2.33. The molecule has 1 aliphatic heterocycles. The molecule has 1 amide bonds. The number of methoxy groups -OCH3 is 1. The molecule has 0 saturated carbocycles. The fourth-order valence-electron chi connectivity index (χ4n) is 3.29. The number of aryl methyl sites for hydroxylation is 1. The molecular formula is C21H22FN5O2S. The van der Waals surface area contributed by atoms with Crippen LogP contribution in [-0.2, 0) is 11.2 Å². The minimum atomic E-state index is -0.505. The van der Waals surface area contributed by atoms with Gasteiger partial charge in [-0.05, 0) is 48.4 Å². The van der Waals surface area contributed by atoms with E-state index in [4.69, 9.17) is 4.74 Å². The number of nitrogens with zero attached hydrogens (tertiary/aromatic N) is 3. The van der Waals surface area contributed by atoms with Gasteiger partial charge in [-0.1, -0.05) is 30.8 Å². The van der Waals surface area contributed by atoms with Gasteiger partial charge in [0.15, 0.2) is 5.82 Å². The molecule has 0 saturated heterocycles. The summed E-state index contributed by atoms with van der Waals surface area (Å²) in [5, 5.41) is 11.5. The first-order valence-corrected chi connectivity index (χ1v) is 10.5. The van der Waals surface area contributed by atoms with Crippen molar-refractivity contribution in [3.63, 3.8) is 0 Å². The Labute approximate surface area is 178 Å². The predicted octanol–water partition coefficient (Wildman–Crippen LogP) is 3.78. The van der Waals surface area contributed by atoms with Crippen molar-refractivity contribution in [1.82, 2.24) is 14.9 Å². The zero-order valence-electron chi connectivity index (χ0n) is 16.6. The minimum Gasteiger partial charge on any atom is -0.497 e. The third-order valence-corrected chi connectivity index (χ3v) is 6.04. The van der Waals surface area contributed by atoms with Crippen molar-refractivity contribution in [1.29, 1.82) is 0 Å². The lowest BCUT2D eigenvalue weighted by molar-refractivity contribution is -0.116. The van der Waals surface area contributed by atoms with Gasteiger partial charge in [-0.2, -0.15) is 0 Å². The molecule has 0 aliphatic carbocycles. The zero-order valence-corrected chi connectivity index (χ0v) is 17.4. The second-order valence-corrected chi connectivity index (χ2v) is 8.01. The summed E-state index contributed by atoms with van der Waals surface area (Å²) in [5.74, 6) is 1.02. The van der Waals surface area contributed by atoms with Crippen LogP contribution in [0.4, 0.5) is 10.1 Å². The van der Waals surface area contributed by atoms with Gasteiger partial charge in [0.05, 0.1) is 13.2 Å². The van der Waals surface area contributed by atoms with Gasteiger partial charge in [0.2, 0.25) is 11.1 Å². The summed E-state index contributed by atoms with van der Waals surface area (Å²) in [6.07, 6.45) is 1.72. The van der Waals surface area contributed by atoms with Crippen molar-refractivity contribution in [3.05, 3.63) is 65.7 Å². The van der Waals surface area contributed by atoms with Crippen LogP contribution in [0.15, 0.2) is 53.7 Å². The Morgan fingerprint density at radius 2 is 1.93 bits per heavy atom. The van der Waals surface area contributed by atoms with E-state index in [9.17, 15) is 9.18 Å². The number of carbonyl (C=O) groups excluding carboxylic acids is 1. The lowest BCUT2D eigenvalue weighted by atomic mass is 10.0. The van der Waals surface area contributed by atoms with Gasteiger partial charge in [-0.3, -0.25) is 4.79 Å². The number of ether oxygens (including phenoxy) is 1. The summed E-state index contributed by atoms with van der Waals surface area (Å²) in [7, 11) is 1.61. The maximum absolute atomic E-state index is 13.2. The van der Waals surface area contributed by atoms with Gasteiger partial charge in [0.25, 0.3) is 0 Å². The van der Waals surface area contributed by atoms with Crippen LogP contribution in [0.25, 0.3) is 0 Å². The molecule has 1 aliphatic rings. The van der Waals surface area contributed by atoms with Crippen LogP contribution >= 0.6 is 11.8 Å². The molecule has 3 aromatic rings. The SMILES string of the molecule is CCCc1nnc2n1N[C@@H](c1ccc(OC)cc1)[C@@H](C(=O)Nc1ccc(F)cc1)S2. The zero-order chi connectivity index (χ0) is 21.1. The number of rotatable bonds is 6. The largest absolute Gasteiger partial charge is 0.497 e. The number of fused-ring (bicyclic) bond motifs is 1. The molecule has 0 radical (unpaired) electrons. The number of benzene rings is 2. The third kappa shape index (κ3) is 4.11. The number of anilines is 1. The smallest absolute Gasteiger partial charge is 0.240 e. The van der Waals surface area contributed by atoms with Gasteiger partial charge >= 0.3 is 0 Å². The molecule has 0 spiro atoms. The topological polar surface area (TPSA) is 81.1 Å². The van der Waals surface area contributed by atoms with Crippen LogP contribution in [0.1, 0.15) is 30.8 Å². The van der Waals surface area contributed by atoms with Gasteiger partial charge in [-0.15, -0.1) is 10.2 Å². The van der Waals surface area contributed by atoms with E-state index >= 15 is 0 Å². The predicted molar refractivity (Wildman–Crippen MR) is 114 cm³/mol. The monoisotopic (exact) mass is 427 g/mol. The Morgan fingerprint density at radius 3 is 2.60 bits per heavy atom. The number of thioether (sulfide) groups is 1. The van der Waals surface area contributed by atoms with E-state index in [2.05, 4.69) is 27.9 Å². The fraction of sp³-hybridized carbons (Fsp3) is 0.286. The Hall–Kier alpha value is -3.07. The molecule has 1 aromatic heterocycles. The molecular weight excluding hydrogens is 405 g/mol. The van der Waals surface area contributed by atoms with Gasteiger partial charge < -0.3 is 15.5 Å². The molecule has 9 heteroatoms. The van der Waals surface area contributed by atoms with Crippen molar-refractivity contribution in [2.24, 2.45) is 0 Å². The van der Waals surface area contributed by atoms with Gasteiger partial charge in [0, 0.05) is 12.1 Å². The van der Waals surface area contributed by atoms with Crippen molar-refractivity contribution < 1.29 is 13.9 Å². The summed E-state index contributed by atoms with van der Waals surface area (Å²) < 4.78 is 20.3. The molecule has 0 bridgehead atoms. The normalized spacial score (nSPS) is 17.7. The molecule has 0 unspecified atom stereocenters. The number of nitrogens with one attached hydrogen (secondary N) is 2. The van der Waals surface area contributed by atoms with Gasteiger partial charge in [-0.25, -0.2) is 9.07 Å². The van der Waals surface area contributed by atoms with Crippen LogP contribution in [0, 0.1) is 5.82 Å². The molecule has 0 fully saturated rings. The average Bonchev–Trinajstić information content (AvgIpc) is 3.16. The number of carbonyl (C=O) groups is 1. The van der Waals surface area contributed by atoms with Crippen molar-refractivity contribution in [2.45, 2.75) is 36.2 Å². The number of amides is 1. The molecule has 2 aromatic carbocycles. The average molecular weight is 428 g/mol. The summed E-state index contributed by atoms with van der Waals surface area (Å²) in [4.78, 5) is 13.2. The van der Waals surface area contributed by atoms with Crippen LogP contribution < -0.4 is 15.5 Å². The van der Waals surface area contributed by atoms with E-state index in [1.165, 1.54) is 23.9 Å². The Bertz CT molecular complexity index is 1020. The standard InChI is InChI=1S/C21H22FN5O2S/c1-3-4-17-24-25-21-27(17)26-18(13-5-11-16(29-2)12-6-13)19(30-21)20(28)23-15-9-7-14(22)8-10-15/h5-12,18-19,26H,3-4H2,1-2H3,(H,23,28)/t18-,19-/m0/s1. The van der Waals surface area contributed by atoms with E-state index < -0.39 is 5.25 Å². The van der Waals surface area contributed by atoms with Crippen LogP contribution in [0.2, 0.25) is 0 Å².